The fraction of sp³-hybridized carbons (Fsp3) is 0.500. The highest BCUT2D eigenvalue weighted by atomic mass is 16.3. The smallest absolute Gasteiger partial charge is 0.0902 e. The zero-order valence-corrected chi connectivity index (χ0v) is 13.0. The van der Waals surface area contributed by atoms with Crippen molar-refractivity contribution in [3.8, 4) is 0 Å². The molecule has 1 fully saturated rings. The second kappa shape index (κ2) is 6.19. The summed E-state index contributed by atoms with van der Waals surface area (Å²) in [5.74, 6) is 0.805. The van der Waals surface area contributed by atoms with Gasteiger partial charge in [-0.2, -0.15) is 0 Å². The predicted molar refractivity (Wildman–Crippen MR) is 89.3 cm³/mol. The largest absolute Gasteiger partial charge is 0.385 e. The van der Waals surface area contributed by atoms with Crippen LogP contribution in [0.15, 0.2) is 42.5 Å². The van der Waals surface area contributed by atoms with Gasteiger partial charge in [0, 0.05) is 0 Å². The van der Waals surface area contributed by atoms with Crippen LogP contribution in [0, 0.1) is 5.92 Å². The van der Waals surface area contributed by atoms with E-state index in [2.05, 4.69) is 49.4 Å². The molecule has 0 radical (unpaired) electrons. The van der Waals surface area contributed by atoms with Gasteiger partial charge in [0.2, 0.25) is 0 Å². The monoisotopic (exact) mass is 282 g/mol. The standard InChI is InChI=1S/C20H26O/c1-2-7-16-8-6-14-20(21,15-13-16)19-12-5-10-17-9-3-4-11-18(17)19/h3-5,9-12,16,21H,2,6-8,13-15H2,1H3. The van der Waals surface area contributed by atoms with E-state index in [1.807, 2.05) is 0 Å². The number of benzene rings is 2. The van der Waals surface area contributed by atoms with Crippen molar-refractivity contribution in [2.45, 2.75) is 57.5 Å². The molecule has 2 aromatic carbocycles. The first-order valence-electron chi connectivity index (χ1n) is 8.43. The van der Waals surface area contributed by atoms with Crippen molar-refractivity contribution in [2.24, 2.45) is 5.92 Å². The molecular weight excluding hydrogens is 256 g/mol. The lowest BCUT2D eigenvalue weighted by Crippen LogP contribution is -2.25. The Bertz CT molecular complexity index is 598. The SMILES string of the molecule is CCCC1CCCC(O)(c2cccc3ccccc23)CC1. The number of rotatable bonds is 3. The number of aliphatic hydroxyl groups is 1. The van der Waals surface area contributed by atoms with Gasteiger partial charge in [0.1, 0.15) is 0 Å². The summed E-state index contributed by atoms with van der Waals surface area (Å²) in [6.45, 7) is 2.27. The van der Waals surface area contributed by atoms with E-state index in [1.165, 1.54) is 30.0 Å². The quantitative estimate of drug-likeness (QED) is 0.746. The van der Waals surface area contributed by atoms with Gasteiger partial charge in [0.25, 0.3) is 0 Å². The molecule has 2 aromatic rings. The van der Waals surface area contributed by atoms with E-state index >= 15 is 0 Å². The van der Waals surface area contributed by atoms with E-state index in [4.69, 9.17) is 0 Å². The van der Waals surface area contributed by atoms with Gasteiger partial charge >= 0.3 is 0 Å². The summed E-state index contributed by atoms with van der Waals surface area (Å²) in [6.07, 6.45) is 7.97. The van der Waals surface area contributed by atoms with E-state index in [0.29, 0.717) is 0 Å². The zero-order chi connectivity index (χ0) is 14.7. The molecule has 0 saturated heterocycles. The minimum Gasteiger partial charge on any atom is -0.385 e. The molecule has 1 nitrogen and oxygen atoms in total. The third kappa shape index (κ3) is 2.98. The highest BCUT2D eigenvalue weighted by molar-refractivity contribution is 5.86. The van der Waals surface area contributed by atoms with Crippen LogP contribution in [0.4, 0.5) is 0 Å². The molecule has 1 saturated carbocycles. The molecule has 3 rings (SSSR count). The summed E-state index contributed by atoms with van der Waals surface area (Å²) in [7, 11) is 0. The van der Waals surface area contributed by atoms with E-state index in [1.54, 1.807) is 0 Å². The van der Waals surface area contributed by atoms with Crippen molar-refractivity contribution in [2.75, 3.05) is 0 Å². The molecule has 2 atom stereocenters. The van der Waals surface area contributed by atoms with Crippen LogP contribution >= 0.6 is 0 Å². The minimum absolute atomic E-state index is 0.636. The third-order valence-corrected chi connectivity index (χ3v) is 5.16. The average molecular weight is 282 g/mol. The number of fused-ring (bicyclic) bond motifs is 1. The first kappa shape index (κ1) is 14.6. The maximum Gasteiger partial charge on any atom is 0.0902 e. The third-order valence-electron chi connectivity index (χ3n) is 5.16. The molecule has 112 valence electrons. The normalized spacial score (nSPS) is 26.7. The predicted octanol–water partition coefficient (Wildman–Crippen LogP) is 5.41. The maximum atomic E-state index is 11.3. The Balaban J connectivity index is 1.93. The van der Waals surface area contributed by atoms with Crippen LogP contribution in [-0.4, -0.2) is 5.11 Å². The Kier molecular flexibility index (Phi) is 4.30. The Morgan fingerprint density at radius 1 is 1.05 bits per heavy atom. The minimum atomic E-state index is -0.636. The molecule has 0 aliphatic heterocycles. The van der Waals surface area contributed by atoms with E-state index in [0.717, 1.165) is 37.2 Å². The number of hydrogen-bond donors (Lipinski definition) is 1. The van der Waals surface area contributed by atoms with Gasteiger partial charge in [0.15, 0.2) is 0 Å². The summed E-state index contributed by atoms with van der Waals surface area (Å²) < 4.78 is 0. The highest BCUT2D eigenvalue weighted by Crippen LogP contribution is 2.41. The molecule has 0 bridgehead atoms. The Hall–Kier alpha value is -1.34. The average Bonchev–Trinajstić information content (AvgIpc) is 2.70. The van der Waals surface area contributed by atoms with Gasteiger partial charge in [0.05, 0.1) is 5.60 Å². The molecular formula is C20H26O. The van der Waals surface area contributed by atoms with Crippen LogP contribution in [0.3, 0.4) is 0 Å². The molecule has 1 aliphatic rings. The molecule has 0 heterocycles. The fourth-order valence-electron chi connectivity index (χ4n) is 3.99. The van der Waals surface area contributed by atoms with Gasteiger partial charge < -0.3 is 5.11 Å². The maximum absolute atomic E-state index is 11.3. The molecule has 0 aromatic heterocycles. The van der Waals surface area contributed by atoms with E-state index in [9.17, 15) is 5.11 Å². The van der Waals surface area contributed by atoms with Crippen LogP contribution in [0.2, 0.25) is 0 Å². The fourth-order valence-corrected chi connectivity index (χ4v) is 3.99. The first-order valence-corrected chi connectivity index (χ1v) is 8.43. The topological polar surface area (TPSA) is 20.2 Å². The summed E-state index contributed by atoms with van der Waals surface area (Å²) in [5.41, 5.74) is 0.501. The van der Waals surface area contributed by atoms with Gasteiger partial charge in [-0.1, -0.05) is 68.7 Å². The summed E-state index contributed by atoms with van der Waals surface area (Å²) in [5, 5.41) is 13.8. The van der Waals surface area contributed by atoms with Crippen molar-refractivity contribution in [1.29, 1.82) is 0 Å². The molecule has 2 unspecified atom stereocenters. The van der Waals surface area contributed by atoms with Gasteiger partial charge in [-0.15, -0.1) is 0 Å². The van der Waals surface area contributed by atoms with Crippen molar-refractivity contribution in [1.82, 2.24) is 0 Å². The van der Waals surface area contributed by atoms with E-state index in [-0.39, 0.29) is 0 Å². The Labute approximate surface area is 128 Å². The second-order valence-electron chi connectivity index (χ2n) is 6.64. The zero-order valence-electron chi connectivity index (χ0n) is 13.0. The molecule has 0 amide bonds. The molecule has 1 N–H and O–H groups in total. The van der Waals surface area contributed by atoms with E-state index < -0.39 is 5.60 Å². The van der Waals surface area contributed by atoms with Crippen LogP contribution in [0.25, 0.3) is 10.8 Å². The van der Waals surface area contributed by atoms with Gasteiger partial charge in [-0.05, 0) is 47.9 Å². The van der Waals surface area contributed by atoms with Crippen LogP contribution in [-0.2, 0) is 5.60 Å². The molecule has 1 heteroatoms. The second-order valence-corrected chi connectivity index (χ2v) is 6.64. The van der Waals surface area contributed by atoms with Crippen LogP contribution in [0.5, 0.6) is 0 Å². The van der Waals surface area contributed by atoms with Gasteiger partial charge in [-0.3, -0.25) is 0 Å². The summed E-state index contributed by atoms with van der Waals surface area (Å²) >= 11 is 0. The first-order chi connectivity index (χ1) is 10.2. The number of hydrogen-bond acceptors (Lipinski definition) is 1. The lowest BCUT2D eigenvalue weighted by atomic mass is 9.83. The summed E-state index contributed by atoms with van der Waals surface area (Å²) in [6, 6.07) is 14.8. The van der Waals surface area contributed by atoms with Crippen molar-refractivity contribution >= 4 is 10.8 Å². The molecule has 0 spiro atoms. The van der Waals surface area contributed by atoms with Crippen molar-refractivity contribution in [3.05, 3.63) is 48.0 Å². The van der Waals surface area contributed by atoms with Gasteiger partial charge in [-0.25, -0.2) is 0 Å². The lowest BCUT2D eigenvalue weighted by molar-refractivity contribution is 0.0210. The van der Waals surface area contributed by atoms with Crippen molar-refractivity contribution < 1.29 is 5.11 Å². The lowest BCUT2D eigenvalue weighted by Gasteiger charge is -2.29. The van der Waals surface area contributed by atoms with Crippen molar-refractivity contribution in [3.63, 3.8) is 0 Å². The Morgan fingerprint density at radius 2 is 1.86 bits per heavy atom. The Morgan fingerprint density at radius 3 is 2.71 bits per heavy atom. The van der Waals surface area contributed by atoms with Crippen LogP contribution < -0.4 is 0 Å². The molecule has 21 heavy (non-hydrogen) atoms. The van der Waals surface area contributed by atoms with Crippen LogP contribution in [0.1, 0.15) is 57.4 Å². The highest BCUT2D eigenvalue weighted by Gasteiger charge is 2.33. The summed E-state index contributed by atoms with van der Waals surface area (Å²) in [4.78, 5) is 0. The molecule has 1 aliphatic carbocycles.